The summed E-state index contributed by atoms with van der Waals surface area (Å²) in [5.41, 5.74) is 9.25. The number of carboxylic acids is 1. The summed E-state index contributed by atoms with van der Waals surface area (Å²) >= 11 is 6.21. The van der Waals surface area contributed by atoms with Crippen LogP contribution < -0.4 is 16.4 Å². The summed E-state index contributed by atoms with van der Waals surface area (Å²) in [7, 11) is 0. The van der Waals surface area contributed by atoms with Crippen LogP contribution in [0.25, 0.3) is 11.0 Å². The molecule has 2 heterocycles. The van der Waals surface area contributed by atoms with Crippen LogP contribution in [0.5, 0.6) is 0 Å². The SMILES string of the molecule is CC(C)c1nn(C(C)C)c2c(Nc3ccc(C(=O)O)c(Cl)c3)nc(NC3CCC(N)CC3)nc12. The molecule has 0 saturated heterocycles. The summed E-state index contributed by atoms with van der Waals surface area (Å²) in [4.78, 5) is 21.1. The molecule has 4 rings (SSSR count). The summed E-state index contributed by atoms with van der Waals surface area (Å²) in [6.07, 6.45) is 3.89. The number of rotatable bonds is 7. The van der Waals surface area contributed by atoms with Gasteiger partial charge in [-0.2, -0.15) is 10.1 Å². The van der Waals surface area contributed by atoms with Crippen LogP contribution in [0.2, 0.25) is 5.02 Å². The Morgan fingerprint density at radius 1 is 1.18 bits per heavy atom. The molecule has 0 spiro atoms. The second kappa shape index (κ2) is 9.76. The fraction of sp³-hybridized carbons (Fsp3) is 0.500. The first-order valence-corrected chi connectivity index (χ1v) is 12.1. The Morgan fingerprint density at radius 2 is 1.88 bits per heavy atom. The maximum absolute atomic E-state index is 11.4. The molecular weight excluding hydrogens is 454 g/mol. The number of nitrogens with two attached hydrogens (primary N) is 1. The Morgan fingerprint density at radius 3 is 2.47 bits per heavy atom. The Balaban J connectivity index is 1.80. The van der Waals surface area contributed by atoms with Gasteiger partial charge in [-0.15, -0.1) is 0 Å². The number of aromatic carboxylic acids is 1. The van der Waals surface area contributed by atoms with Crippen molar-refractivity contribution in [3.05, 3.63) is 34.5 Å². The quantitative estimate of drug-likeness (QED) is 0.354. The number of carbonyl (C=O) groups is 1. The van der Waals surface area contributed by atoms with Crippen LogP contribution in [-0.2, 0) is 0 Å². The Hall–Kier alpha value is -2.91. The van der Waals surface area contributed by atoms with Gasteiger partial charge in [-0.1, -0.05) is 25.4 Å². The number of fused-ring (bicyclic) bond motifs is 1. The van der Waals surface area contributed by atoms with Crippen molar-refractivity contribution in [1.82, 2.24) is 19.7 Å². The largest absolute Gasteiger partial charge is 0.478 e. The average molecular weight is 486 g/mol. The normalized spacial score (nSPS) is 18.6. The molecular formula is C24H32ClN7O2. The molecule has 10 heteroatoms. The first-order valence-electron chi connectivity index (χ1n) is 11.8. The number of carboxylic acid groups (broad SMARTS) is 1. The third-order valence-electron chi connectivity index (χ3n) is 6.17. The maximum Gasteiger partial charge on any atom is 0.337 e. The van der Waals surface area contributed by atoms with Crippen molar-refractivity contribution in [3.63, 3.8) is 0 Å². The predicted octanol–water partition coefficient (Wildman–Crippen LogP) is 5.31. The van der Waals surface area contributed by atoms with Gasteiger partial charge in [0.15, 0.2) is 5.82 Å². The molecule has 5 N–H and O–H groups in total. The van der Waals surface area contributed by atoms with Crippen LogP contribution in [0.4, 0.5) is 17.5 Å². The number of aromatic nitrogens is 4. The topological polar surface area (TPSA) is 131 Å². The van der Waals surface area contributed by atoms with E-state index in [2.05, 4.69) is 38.3 Å². The summed E-state index contributed by atoms with van der Waals surface area (Å²) < 4.78 is 1.93. The maximum atomic E-state index is 11.4. The highest BCUT2D eigenvalue weighted by atomic mass is 35.5. The highest BCUT2D eigenvalue weighted by Crippen LogP contribution is 2.34. The number of anilines is 3. The van der Waals surface area contributed by atoms with Gasteiger partial charge in [-0.25, -0.2) is 9.78 Å². The van der Waals surface area contributed by atoms with Crippen LogP contribution in [-0.4, -0.2) is 42.9 Å². The van der Waals surface area contributed by atoms with E-state index in [-0.39, 0.29) is 34.6 Å². The molecule has 1 aliphatic rings. The van der Waals surface area contributed by atoms with E-state index < -0.39 is 5.97 Å². The lowest BCUT2D eigenvalue weighted by molar-refractivity contribution is 0.0697. The van der Waals surface area contributed by atoms with Crippen molar-refractivity contribution >= 4 is 46.1 Å². The van der Waals surface area contributed by atoms with E-state index in [1.165, 1.54) is 6.07 Å². The van der Waals surface area contributed by atoms with Crippen molar-refractivity contribution in [2.75, 3.05) is 10.6 Å². The summed E-state index contributed by atoms with van der Waals surface area (Å²) in [5, 5.41) is 21.2. The fourth-order valence-electron chi connectivity index (χ4n) is 4.33. The van der Waals surface area contributed by atoms with Gasteiger partial charge in [0, 0.05) is 23.8 Å². The minimum atomic E-state index is -1.07. The van der Waals surface area contributed by atoms with E-state index in [1.807, 2.05) is 4.68 Å². The molecule has 0 unspecified atom stereocenters. The van der Waals surface area contributed by atoms with Gasteiger partial charge in [-0.05, 0) is 63.6 Å². The standard InChI is InChI=1S/C24H32ClN7O2/c1-12(2)19-20-21(32(31-19)13(3)4)22(27-16-9-10-17(23(33)34)18(25)11-16)30-24(29-20)28-15-7-5-14(26)6-8-15/h9-15H,5-8,26H2,1-4H3,(H,33,34)(H2,27,28,29,30). The number of halogens is 1. The van der Waals surface area contributed by atoms with E-state index in [4.69, 9.17) is 32.4 Å². The lowest BCUT2D eigenvalue weighted by Gasteiger charge is -2.27. The molecule has 0 bridgehead atoms. The number of hydrogen-bond donors (Lipinski definition) is 4. The molecule has 2 aromatic heterocycles. The van der Waals surface area contributed by atoms with Crippen LogP contribution in [0.3, 0.4) is 0 Å². The number of hydrogen-bond acceptors (Lipinski definition) is 7. The molecule has 0 amide bonds. The van der Waals surface area contributed by atoms with Crippen LogP contribution >= 0.6 is 11.6 Å². The Labute approximate surface area is 204 Å². The van der Waals surface area contributed by atoms with Crippen molar-refractivity contribution in [2.24, 2.45) is 5.73 Å². The molecule has 0 aliphatic heterocycles. The summed E-state index contributed by atoms with van der Waals surface area (Å²) in [6, 6.07) is 5.36. The van der Waals surface area contributed by atoms with Crippen molar-refractivity contribution in [2.45, 2.75) is 77.4 Å². The van der Waals surface area contributed by atoms with E-state index >= 15 is 0 Å². The van der Waals surface area contributed by atoms with Gasteiger partial charge >= 0.3 is 5.97 Å². The highest BCUT2D eigenvalue weighted by Gasteiger charge is 2.24. The van der Waals surface area contributed by atoms with Gasteiger partial charge in [0.25, 0.3) is 0 Å². The van der Waals surface area contributed by atoms with Gasteiger partial charge in [0.05, 0.1) is 16.3 Å². The second-order valence-corrected chi connectivity index (χ2v) is 9.96. The lowest BCUT2D eigenvalue weighted by Crippen LogP contribution is -2.33. The van der Waals surface area contributed by atoms with E-state index in [1.54, 1.807) is 12.1 Å². The molecule has 34 heavy (non-hydrogen) atoms. The monoisotopic (exact) mass is 485 g/mol. The van der Waals surface area contributed by atoms with Crippen molar-refractivity contribution < 1.29 is 9.90 Å². The average Bonchev–Trinajstić information content (AvgIpc) is 3.16. The fourth-order valence-corrected chi connectivity index (χ4v) is 4.59. The Kier molecular flexibility index (Phi) is 6.95. The molecule has 1 fully saturated rings. The van der Waals surface area contributed by atoms with E-state index in [0.717, 1.165) is 42.4 Å². The molecule has 1 aromatic carbocycles. The van der Waals surface area contributed by atoms with E-state index in [0.29, 0.717) is 17.5 Å². The Bertz CT molecular complexity index is 1200. The minimum Gasteiger partial charge on any atom is -0.478 e. The third kappa shape index (κ3) is 4.95. The van der Waals surface area contributed by atoms with Crippen LogP contribution in [0.1, 0.15) is 81.4 Å². The zero-order chi connectivity index (χ0) is 24.6. The first kappa shape index (κ1) is 24.2. The summed E-state index contributed by atoms with van der Waals surface area (Å²) in [6.45, 7) is 8.33. The number of nitrogens with zero attached hydrogens (tertiary/aromatic N) is 4. The zero-order valence-corrected chi connectivity index (χ0v) is 20.7. The smallest absolute Gasteiger partial charge is 0.337 e. The second-order valence-electron chi connectivity index (χ2n) is 9.55. The molecule has 0 atom stereocenters. The van der Waals surface area contributed by atoms with Gasteiger partial charge in [0.2, 0.25) is 5.95 Å². The van der Waals surface area contributed by atoms with Crippen molar-refractivity contribution in [1.29, 1.82) is 0 Å². The van der Waals surface area contributed by atoms with Crippen LogP contribution in [0, 0.1) is 0 Å². The van der Waals surface area contributed by atoms with Gasteiger partial charge in [-0.3, -0.25) is 4.68 Å². The molecule has 9 nitrogen and oxygen atoms in total. The molecule has 182 valence electrons. The molecule has 1 saturated carbocycles. The molecule has 3 aromatic rings. The molecule has 1 aliphatic carbocycles. The number of nitrogens with one attached hydrogen (secondary N) is 2. The first-order chi connectivity index (χ1) is 16.1. The molecule has 0 radical (unpaired) electrons. The highest BCUT2D eigenvalue weighted by molar-refractivity contribution is 6.33. The zero-order valence-electron chi connectivity index (χ0n) is 20.0. The van der Waals surface area contributed by atoms with Gasteiger partial charge < -0.3 is 21.5 Å². The lowest BCUT2D eigenvalue weighted by atomic mass is 9.92. The third-order valence-corrected chi connectivity index (χ3v) is 6.49. The van der Waals surface area contributed by atoms with Gasteiger partial charge in [0.1, 0.15) is 11.0 Å². The predicted molar refractivity (Wildman–Crippen MR) is 135 cm³/mol. The van der Waals surface area contributed by atoms with Crippen molar-refractivity contribution in [3.8, 4) is 0 Å². The van der Waals surface area contributed by atoms with Crippen LogP contribution in [0.15, 0.2) is 18.2 Å². The minimum absolute atomic E-state index is 0.0484. The van der Waals surface area contributed by atoms with E-state index in [9.17, 15) is 9.90 Å². The summed E-state index contributed by atoms with van der Waals surface area (Å²) in [5.74, 6) is 0.232. The number of benzene rings is 1.